The molecular formula is C22H29N3O. The highest BCUT2D eigenvalue weighted by molar-refractivity contribution is 5.55. The van der Waals surface area contributed by atoms with E-state index in [2.05, 4.69) is 48.2 Å². The third-order valence-corrected chi connectivity index (χ3v) is 5.22. The second-order valence-electron chi connectivity index (χ2n) is 7.40. The van der Waals surface area contributed by atoms with E-state index in [0.717, 1.165) is 37.3 Å². The van der Waals surface area contributed by atoms with Crippen molar-refractivity contribution in [3.63, 3.8) is 0 Å². The van der Waals surface area contributed by atoms with Crippen LogP contribution in [0.1, 0.15) is 30.7 Å². The zero-order chi connectivity index (χ0) is 18.7. The predicted molar refractivity (Wildman–Crippen MR) is 108 cm³/mol. The van der Waals surface area contributed by atoms with Crippen molar-refractivity contribution < 1.29 is 5.11 Å². The van der Waals surface area contributed by atoms with Gasteiger partial charge in [0.25, 0.3) is 0 Å². The number of aromatic hydroxyl groups is 1. The molecule has 0 bridgehead atoms. The van der Waals surface area contributed by atoms with Crippen LogP contribution in [0, 0.1) is 6.92 Å². The molecule has 138 valence electrons. The fraction of sp³-hybridized carbons (Fsp3) is 0.409. The summed E-state index contributed by atoms with van der Waals surface area (Å²) >= 11 is 0. The standard InChI is InChI=1S/C22H29N3O/c1-5-9-24-14-18(4)25(15-17(24)3)22-12-20(23-13-16(22)2)10-19-7-6-8-21(26)11-19/h5-8,11-13,17-18,26H,1,9-10,14-15H2,2-4H3/t17-,18+/m0/s1. The Labute approximate surface area is 156 Å². The fourth-order valence-electron chi connectivity index (χ4n) is 3.79. The van der Waals surface area contributed by atoms with Crippen molar-refractivity contribution in [2.75, 3.05) is 24.5 Å². The van der Waals surface area contributed by atoms with Crippen molar-refractivity contribution in [3.05, 3.63) is 66.0 Å². The maximum atomic E-state index is 9.69. The predicted octanol–water partition coefficient (Wildman–Crippen LogP) is 3.77. The molecule has 1 aromatic carbocycles. The first kappa shape index (κ1) is 18.5. The van der Waals surface area contributed by atoms with Gasteiger partial charge in [0.05, 0.1) is 0 Å². The number of hydrogen-bond donors (Lipinski definition) is 1. The summed E-state index contributed by atoms with van der Waals surface area (Å²) in [5, 5.41) is 9.69. The summed E-state index contributed by atoms with van der Waals surface area (Å²) < 4.78 is 0. The molecule has 3 rings (SSSR count). The lowest BCUT2D eigenvalue weighted by molar-refractivity contribution is 0.184. The number of aromatic nitrogens is 1. The third-order valence-electron chi connectivity index (χ3n) is 5.22. The minimum atomic E-state index is 0.302. The zero-order valence-electron chi connectivity index (χ0n) is 16.0. The van der Waals surface area contributed by atoms with E-state index in [1.807, 2.05) is 24.4 Å². The van der Waals surface area contributed by atoms with Crippen LogP contribution < -0.4 is 4.90 Å². The molecule has 1 saturated heterocycles. The molecule has 2 heterocycles. The lowest BCUT2D eigenvalue weighted by Gasteiger charge is -2.45. The monoisotopic (exact) mass is 351 g/mol. The van der Waals surface area contributed by atoms with E-state index in [-0.39, 0.29) is 0 Å². The van der Waals surface area contributed by atoms with E-state index in [9.17, 15) is 5.11 Å². The molecule has 2 atom stereocenters. The highest BCUT2D eigenvalue weighted by Crippen LogP contribution is 2.27. The largest absolute Gasteiger partial charge is 0.508 e. The molecule has 4 heteroatoms. The number of aryl methyl sites for hydroxylation is 1. The summed E-state index contributed by atoms with van der Waals surface area (Å²) in [5.41, 5.74) is 4.59. The number of nitrogens with zero attached hydrogens (tertiary/aromatic N) is 3. The molecule has 26 heavy (non-hydrogen) atoms. The SMILES string of the molecule is C=CCN1C[C@@H](C)N(c2cc(Cc3cccc(O)c3)ncc2C)C[C@@H]1C. The molecule has 2 aromatic rings. The number of rotatable bonds is 5. The van der Waals surface area contributed by atoms with Gasteiger partial charge in [-0.25, -0.2) is 0 Å². The van der Waals surface area contributed by atoms with Crippen LogP contribution in [-0.4, -0.2) is 46.7 Å². The molecule has 4 nitrogen and oxygen atoms in total. The van der Waals surface area contributed by atoms with Gasteiger partial charge >= 0.3 is 0 Å². The van der Waals surface area contributed by atoms with Gasteiger partial charge in [-0.3, -0.25) is 9.88 Å². The molecule has 1 aromatic heterocycles. The van der Waals surface area contributed by atoms with Gasteiger partial charge in [0, 0.05) is 55.7 Å². The van der Waals surface area contributed by atoms with Gasteiger partial charge in [0.1, 0.15) is 5.75 Å². The summed E-state index contributed by atoms with van der Waals surface area (Å²) in [5.74, 6) is 0.302. The quantitative estimate of drug-likeness (QED) is 0.833. The van der Waals surface area contributed by atoms with Crippen LogP contribution in [0.15, 0.2) is 49.2 Å². The Kier molecular flexibility index (Phi) is 5.62. The summed E-state index contributed by atoms with van der Waals surface area (Å²) in [4.78, 5) is 9.61. The molecule has 1 aliphatic rings. The van der Waals surface area contributed by atoms with Crippen LogP contribution in [-0.2, 0) is 6.42 Å². The van der Waals surface area contributed by atoms with Crippen molar-refractivity contribution in [2.24, 2.45) is 0 Å². The van der Waals surface area contributed by atoms with E-state index >= 15 is 0 Å². The maximum absolute atomic E-state index is 9.69. The lowest BCUT2D eigenvalue weighted by atomic mass is 10.0. The molecule has 0 unspecified atom stereocenters. The molecule has 1 aliphatic heterocycles. The van der Waals surface area contributed by atoms with Gasteiger partial charge in [-0.05, 0) is 50.1 Å². The number of piperazine rings is 1. The molecule has 0 spiro atoms. The molecule has 0 aliphatic carbocycles. The molecule has 0 amide bonds. The van der Waals surface area contributed by atoms with E-state index < -0.39 is 0 Å². The highest BCUT2D eigenvalue weighted by Gasteiger charge is 2.29. The number of phenols is 1. The van der Waals surface area contributed by atoms with Crippen LogP contribution in [0.25, 0.3) is 0 Å². The van der Waals surface area contributed by atoms with Crippen molar-refractivity contribution in [1.82, 2.24) is 9.88 Å². The van der Waals surface area contributed by atoms with Crippen LogP contribution in [0.4, 0.5) is 5.69 Å². The summed E-state index contributed by atoms with van der Waals surface area (Å²) in [6.45, 7) is 13.6. The Bertz CT molecular complexity index is 774. The lowest BCUT2D eigenvalue weighted by Crippen LogP contribution is -2.56. The first-order valence-corrected chi connectivity index (χ1v) is 9.33. The van der Waals surface area contributed by atoms with Crippen molar-refractivity contribution in [1.29, 1.82) is 0 Å². The number of pyridine rings is 1. The first-order chi connectivity index (χ1) is 12.5. The molecule has 0 radical (unpaired) electrons. The minimum absolute atomic E-state index is 0.302. The van der Waals surface area contributed by atoms with Crippen LogP contribution in [0.3, 0.4) is 0 Å². The Balaban J connectivity index is 1.82. The van der Waals surface area contributed by atoms with Crippen molar-refractivity contribution >= 4 is 5.69 Å². The smallest absolute Gasteiger partial charge is 0.115 e. The van der Waals surface area contributed by atoms with Crippen LogP contribution in [0.5, 0.6) is 5.75 Å². The zero-order valence-corrected chi connectivity index (χ0v) is 16.0. The Morgan fingerprint density at radius 1 is 1.23 bits per heavy atom. The average Bonchev–Trinajstić information content (AvgIpc) is 2.60. The first-order valence-electron chi connectivity index (χ1n) is 9.33. The van der Waals surface area contributed by atoms with Gasteiger partial charge < -0.3 is 10.0 Å². The minimum Gasteiger partial charge on any atom is -0.508 e. The molecule has 0 saturated carbocycles. The van der Waals surface area contributed by atoms with E-state index in [4.69, 9.17) is 0 Å². The average molecular weight is 351 g/mol. The fourth-order valence-corrected chi connectivity index (χ4v) is 3.79. The van der Waals surface area contributed by atoms with Crippen LogP contribution in [0.2, 0.25) is 0 Å². The Morgan fingerprint density at radius 3 is 2.77 bits per heavy atom. The van der Waals surface area contributed by atoms with Crippen molar-refractivity contribution in [3.8, 4) is 5.75 Å². The van der Waals surface area contributed by atoms with E-state index in [0.29, 0.717) is 17.8 Å². The normalized spacial score (nSPS) is 21.0. The van der Waals surface area contributed by atoms with Gasteiger partial charge in [-0.15, -0.1) is 6.58 Å². The summed E-state index contributed by atoms with van der Waals surface area (Å²) in [6, 6.07) is 10.6. The van der Waals surface area contributed by atoms with Gasteiger partial charge in [-0.2, -0.15) is 0 Å². The second-order valence-corrected chi connectivity index (χ2v) is 7.40. The van der Waals surface area contributed by atoms with E-state index in [1.165, 1.54) is 11.3 Å². The van der Waals surface area contributed by atoms with Gasteiger partial charge in [0.2, 0.25) is 0 Å². The van der Waals surface area contributed by atoms with Gasteiger partial charge in [0.15, 0.2) is 0 Å². The Morgan fingerprint density at radius 2 is 2.04 bits per heavy atom. The molecule has 1 N–H and O–H groups in total. The van der Waals surface area contributed by atoms with Crippen molar-refractivity contribution in [2.45, 2.75) is 39.3 Å². The number of hydrogen-bond acceptors (Lipinski definition) is 4. The second kappa shape index (κ2) is 7.92. The number of phenolic OH excluding ortho intramolecular Hbond substituents is 1. The van der Waals surface area contributed by atoms with Gasteiger partial charge in [-0.1, -0.05) is 18.2 Å². The Hall–Kier alpha value is -2.33. The summed E-state index contributed by atoms with van der Waals surface area (Å²) in [7, 11) is 0. The third kappa shape index (κ3) is 4.07. The highest BCUT2D eigenvalue weighted by atomic mass is 16.3. The van der Waals surface area contributed by atoms with Crippen LogP contribution >= 0.6 is 0 Å². The molecule has 1 fully saturated rings. The van der Waals surface area contributed by atoms with E-state index in [1.54, 1.807) is 12.1 Å². The topological polar surface area (TPSA) is 39.6 Å². The molecular weight excluding hydrogens is 322 g/mol. The number of anilines is 1. The number of benzene rings is 1. The maximum Gasteiger partial charge on any atom is 0.115 e. The summed E-state index contributed by atoms with van der Waals surface area (Å²) in [6.07, 6.45) is 4.69.